The maximum absolute atomic E-state index is 5.49. The van der Waals surface area contributed by atoms with Crippen molar-refractivity contribution in [3.63, 3.8) is 0 Å². The van der Waals surface area contributed by atoms with E-state index in [1.165, 1.54) is 16.7 Å². The molecule has 1 nitrogen and oxygen atoms in total. The minimum Gasteiger partial charge on any atom is -0.330 e. The molecule has 0 aliphatic carbocycles. The Hall–Kier alpha value is -1.08. The van der Waals surface area contributed by atoms with Gasteiger partial charge < -0.3 is 5.73 Å². The fourth-order valence-electron chi connectivity index (χ4n) is 1.79. The second-order valence-corrected chi connectivity index (χ2v) is 4.76. The van der Waals surface area contributed by atoms with Gasteiger partial charge in [-0.2, -0.15) is 0 Å². The highest BCUT2D eigenvalue weighted by molar-refractivity contribution is 5.63. The molecule has 1 heteroatoms. The molecule has 0 saturated heterocycles. The van der Waals surface area contributed by atoms with E-state index in [2.05, 4.69) is 51.1 Å². The van der Waals surface area contributed by atoms with Gasteiger partial charge in [0.2, 0.25) is 0 Å². The van der Waals surface area contributed by atoms with E-state index >= 15 is 0 Å². The molecule has 0 radical (unpaired) electrons. The fraction of sp³-hybridized carbons (Fsp3) is 0.467. The van der Waals surface area contributed by atoms with E-state index in [0.29, 0.717) is 0 Å². The third-order valence-electron chi connectivity index (χ3n) is 2.67. The van der Waals surface area contributed by atoms with Gasteiger partial charge in [0, 0.05) is 0 Å². The van der Waals surface area contributed by atoms with E-state index in [1.807, 2.05) is 0 Å². The Balaban J connectivity index is 2.70. The summed E-state index contributed by atoms with van der Waals surface area (Å²) < 4.78 is 0. The first-order chi connectivity index (χ1) is 7.63. The standard InChI is InChI=1S/C15H23N/c1-12(2)11-14-6-8-15(9-7-14)13(3)5-4-10-16/h5-9,12H,4,10-11,16H2,1-3H3/b13-5+. The molecule has 0 aromatic heterocycles. The van der Waals surface area contributed by atoms with E-state index in [-0.39, 0.29) is 0 Å². The van der Waals surface area contributed by atoms with Gasteiger partial charge in [-0.05, 0) is 48.9 Å². The maximum Gasteiger partial charge on any atom is -0.00424 e. The number of allylic oxidation sites excluding steroid dienone is 1. The van der Waals surface area contributed by atoms with Gasteiger partial charge in [-0.25, -0.2) is 0 Å². The average molecular weight is 217 g/mol. The number of nitrogens with two attached hydrogens (primary N) is 1. The van der Waals surface area contributed by atoms with Crippen LogP contribution >= 0.6 is 0 Å². The lowest BCUT2D eigenvalue weighted by Crippen LogP contribution is -1.96. The molecule has 0 spiro atoms. The molecule has 0 fully saturated rings. The third-order valence-corrected chi connectivity index (χ3v) is 2.67. The topological polar surface area (TPSA) is 26.0 Å². The van der Waals surface area contributed by atoms with Crippen LogP contribution in [0.25, 0.3) is 5.57 Å². The van der Waals surface area contributed by atoms with E-state index in [9.17, 15) is 0 Å². The van der Waals surface area contributed by atoms with Crippen LogP contribution in [-0.4, -0.2) is 6.54 Å². The molecule has 88 valence electrons. The molecule has 0 aliphatic rings. The highest BCUT2D eigenvalue weighted by atomic mass is 14.5. The van der Waals surface area contributed by atoms with E-state index < -0.39 is 0 Å². The predicted molar refractivity (Wildman–Crippen MR) is 72.3 cm³/mol. The number of hydrogen-bond donors (Lipinski definition) is 1. The van der Waals surface area contributed by atoms with Gasteiger partial charge in [-0.15, -0.1) is 0 Å². The van der Waals surface area contributed by atoms with Crippen molar-refractivity contribution in [2.24, 2.45) is 11.7 Å². The van der Waals surface area contributed by atoms with Crippen LogP contribution in [0.1, 0.15) is 38.3 Å². The third kappa shape index (κ3) is 4.19. The normalized spacial score (nSPS) is 12.2. The molecule has 0 amide bonds. The molecule has 0 aliphatic heterocycles. The lowest BCUT2D eigenvalue weighted by molar-refractivity contribution is 0.647. The monoisotopic (exact) mass is 217 g/mol. The molecule has 0 saturated carbocycles. The molecule has 0 heterocycles. The Bertz CT molecular complexity index is 333. The number of rotatable bonds is 5. The first-order valence-corrected chi connectivity index (χ1v) is 6.09. The van der Waals surface area contributed by atoms with Crippen LogP contribution in [0.15, 0.2) is 30.3 Å². The molecule has 16 heavy (non-hydrogen) atoms. The van der Waals surface area contributed by atoms with Gasteiger partial charge in [0.05, 0.1) is 0 Å². The van der Waals surface area contributed by atoms with Crippen molar-refractivity contribution in [2.75, 3.05) is 6.54 Å². The van der Waals surface area contributed by atoms with Crippen molar-refractivity contribution in [1.82, 2.24) is 0 Å². The maximum atomic E-state index is 5.49. The largest absolute Gasteiger partial charge is 0.330 e. The quantitative estimate of drug-likeness (QED) is 0.800. The van der Waals surface area contributed by atoms with Gasteiger partial charge in [0.1, 0.15) is 0 Å². The second kappa shape index (κ2) is 6.49. The SMILES string of the molecule is C/C(=C\CCN)c1ccc(CC(C)C)cc1. The highest BCUT2D eigenvalue weighted by Crippen LogP contribution is 2.16. The smallest absolute Gasteiger partial charge is 0.00424 e. The van der Waals surface area contributed by atoms with Gasteiger partial charge in [0.15, 0.2) is 0 Å². The van der Waals surface area contributed by atoms with Gasteiger partial charge in [0.25, 0.3) is 0 Å². The van der Waals surface area contributed by atoms with Gasteiger partial charge in [-0.3, -0.25) is 0 Å². The molecule has 0 unspecified atom stereocenters. The zero-order valence-electron chi connectivity index (χ0n) is 10.7. The Morgan fingerprint density at radius 2 is 1.88 bits per heavy atom. The summed E-state index contributed by atoms with van der Waals surface area (Å²) in [7, 11) is 0. The van der Waals surface area contributed by atoms with Crippen LogP contribution in [0, 0.1) is 5.92 Å². The molecular formula is C15H23N. The lowest BCUT2D eigenvalue weighted by Gasteiger charge is -2.07. The zero-order chi connectivity index (χ0) is 12.0. The molecule has 0 atom stereocenters. The molecule has 1 aromatic rings. The summed E-state index contributed by atoms with van der Waals surface area (Å²) in [4.78, 5) is 0. The minimum absolute atomic E-state index is 0.722. The lowest BCUT2D eigenvalue weighted by atomic mass is 9.99. The van der Waals surface area contributed by atoms with E-state index in [4.69, 9.17) is 5.73 Å². The van der Waals surface area contributed by atoms with Crippen LogP contribution in [0.2, 0.25) is 0 Å². The summed E-state index contributed by atoms with van der Waals surface area (Å²) in [6, 6.07) is 8.88. The Morgan fingerprint density at radius 3 is 2.38 bits per heavy atom. The van der Waals surface area contributed by atoms with Gasteiger partial charge >= 0.3 is 0 Å². The van der Waals surface area contributed by atoms with Crippen molar-refractivity contribution in [3.8, 4) is 0 Å². The molecule has 1 rings (SSSR count). The Labute approximate surface area is 99.4 Å². The van der Waals surface area contributed by atoms with Gasteiger partial charge in [-0.1, -0.05) is 44.2 Å². The zero-order valence-corrected chi connectivity index (χ0v) is 10.7. The number of hydrogen-bond acceptors (Lipinski definition) is 1. The average Bonchev–Trinajstić information content (AvgIpc) is 2.26. The Kier molecular flexibility index (Phi) is 5.27. The van der Waals surface area contributed by atoms with Crippen LogP contribution in [0.5, 0.6) is 0 Å². The molecular weight excluding hydrogens is 194 g/mol. The second-order valence-electron chi connectivity index (χ2n) is 4.76. The van der Waals surface area contributed by atoms with E-state index in [0.717, 1.165) is 25.3 Å². The molecule has 2 N–H and O–H groups in total. The summed E-state index contributed by atoms with van der Waals surface area (Å²) >= 11 is 0. The Morgan fingerprint density at radius 1 is 1.25 bits per heavy atom. The summed E-state index contributed by atoms with van der Waals surface area (Å²) in [6.07, 6.45) is 4.32. The molecule has 0 bridgehead atoms. The fourth-order valence-corrected chi connectivity index (χ4v) is 1.79. The summed E-state index contributed by atoms with van der Waals surface area (Å²) in [6.45, 7) is 7.37. The molecule has 1 aromatic carbocycles. The highest BCUT2D eigenvalue weighted by Gasteiger charge is 1.99. The van der Waals surface area contributed by atoms with Crippen molar-refractivity contribution in [3.05, 3.63) is 41.5 Å². The van der Waals surface area contributed by atoms with Crippen LogP contribution in [0.3, 0.4) is 0 Å². The van der Waals surface area contributed by atoms with Crippen LogP contribution < -0.4 is 5.73 Å². The van der Waals surface area contributed by atoms with Crippen molar-refractivity contribution in [1.29, 1.82) is 0 Å². The van der Waals surface area contributed by atoms with Crippen molar-refractivity contribution >= 4 is 5.57 Å². The first kappa shape index (κ1) is 13.0. The summed E-state index contributed by atoms with van der Waals surface area (Å²) in [5.41, 5.74) is 9.54. The summed E-state index contributed by atoms with van der Waals surface area (Å²) in [5, 5.41) is 0. The van der Waals surface area contributed by atoms with E-state index in [1.54, 1.807) is 0 Å². The first-order valence-electron chi connectivity index (χ1n) is 6.09. The van der Waals surface area contributed by atoms with Crippen molar-refractivity contribution in [2.45, 2.75) is 33.6 Å². The minimum atomic E-state index is 0.722. The predicted octanol–water partition coefficient (Wildman–Crippen LogP) is 3.64. The number of benzene rings is 1. The van der Waals surface area contributed by atoms with Crippen molar-refractivity contribution < 1.29 is 0 Å². The summed E-state index contributed by atoms with van der Waals surface area (Å²) in [5.74, 6) is 0.722. The van der Waals surface area contributed by atoms with Crippen LogP contribution in [-0.2, 0) is 6.42 Å². The van der Waals surface area contributed by atoms with Crippen LogP contribution in [0.4, 0.5) is 0 Å².